The SMILES string of the molecule is CCCCCC[C@H]1CC([Se]c2ccccc2)O[C@@H](C(C)(C)C)O1. The van der Waals surface area contributed by atoms with E-state index < -0.39 is 0 Å². The van der Waals surface area contributed by atoms with Crippen LogP contribution in [-0.4, -0.2) is 32.4 Å². The molecule has 1 aromatic rings. The Hall–Kier alpha value is -0.341. The van der Waals surface area contributed by atoms with E-state index in [0.29, 0.717) is 26.1 Å². The Morgan fingerprint density at radius 2 is 1.78 bits per heavy atom. The second kappa shape index (κ2) is 9.22. The Morgan fingerprint density at radius 1 is 1.04 bits per heavy atom. The molecular formula is C20H32O2Se. The van der Waals surface area contributed by atoms with Crippen LogP contribution in [0.5, 0.6) is 0 Å². The molecule has 1 heterocycles. The Bertz CT molecular complexity index is 441. The fourth-order valence-corrected chi connectivity index (χ4v) is 5.07. The summed E-state index contributed by atoms with van der Waals surface area (Å²) in [5.41, 5.74) is 0.0348. The van der Waals surface area contributed by atoms with Gasteiger partial charge in [0.1, 0.15) is 0 Å². The monoisotopic (exact) mass is 384 g/mol. The Morgan fingerprint density at radius 3 is 2.43 bits per heavy atom. The summed E-state index contributed by atoms with van der Waals surface area (Å²) in [6.07, 6.45) is 7.74. The fraction of sp³-hybridized carbons (Fsp3) is 0.700. The first kappa shape index (κ1) is 19.0. The van der Waals surface area contributed by atoms with Crippen LogP contribution in [0.4, 0.5) is 0 Å². The first-order valence-electron chi connectivity index (χ1n) is 9.01. The van der Waals surface area contributed by atoms with Gasteiger partial charge < -0.3 is 0 Å². The molecule has 0 aliphatic carbocycles. The van der Waals surface area contributed by atoms with Crippen molar-refractivity contribution in [2.24, 2.45) is 5.41 Å². The standard InChI is InChI=1S/C20H32O2Se/c1-5-6-7-9-12-16-15-18(22-19(21-16)20(2,3)4)23-17-13-10-8-11-14-17/h8,10-11,13-14,16,18-19H,5-7,9,12,15H2,1-4H3/t16-,18?,19-/m0/s1. The second-order valence-electron chi connectivity index (χ2n) is 7.54. The van der Waals surface area contributed by atoms with Crippen LogP contribution in [0.3, 0.4) is 0 Å². The van der Waals surface area contributed by atoms with Crippen molar-refractivity contribution in [3.8, 4) is 0 Å². The molecule has 2 nitrogen and oxygen atoms in total. The van der Waals surface area contributed by atoms with E-state index in [0.717, 1.165) is 6.42 Å². The van der Waals surface area contributed by atoms with E-state index in [1.807, 2.05) is 0 Å². The molecule has 0 N–H and O–H groups in total. The molecule has 1 aliphatic rings. The summed E-state index contributed by atoms with van der Waals surface area (Å²) in [6, 6.07) is 10.8. The van der Waals surface area contributed by atoms with Crippen molar-refractivity contribution in [2.75, 3.05) is 0 Å². The van der Waals surface area contributed by atoms with Crippen molar-refractivity contribution < 1.29 is 9.47 Å². The summed E-state index contributed by atoms with van der Waals surface area (Å²) in [5.74, 6) is 0. The van der Waals surface area contributed by atoms with Crippen molar-refractivity contribution in [3.05, 3.63) is 30.3 Å². The van der Waals surface area contributed by atoms with E-state index in [9.17, 15) is 0 Å². The van der Waals surface area contributed by atoms with Crippen LogP contribution in [0.2, 0.25) is 0 Å². The quantitative estimate of drug-likeness (QED) is 0.510. The van der Waals surface area contributed by atoms with Crippen LogP contribution in [0, 0.1) is 5.41 Å². The molecule has 0 spiro atoms. The number of rotatable bonds is 7. The van der Waals surface area contributed by atoms with Gasteiger partial charge in [-0.25, -0.2) is 0 Å². The normalized spacial score (nSPS) is 25.5. The molecule has 0 aromatic heterocycles. The van der Waals surface area contributed by atoms with Gasteiger partial charge in [-0.2, -0.15) is 0 Å². The average Bonchev–Trinajstić information content (AvgIpc) is 2.51. The Labute approximate surface area is 148 Å². The molecule has 1 aromatic carbocycles. The molecule has 130 valence electrons. The summed E-state index contributed by atoms with van der Waals surface area (Å²) >= 11 is 0.357. The van der Waals surface area contributed by atoms with Gasteiger partial charge in [0.15, 0.2) is 0 Å². The molecule has 1 fully saturated rings. The number of hydrogen-bond acceptors (Lipinski definition) is 2. The third-order valence-corrected chi connectivity index (χ3v) is 6.47. The van der Waals surface area contributed by atoms with Crippen molar-refractivity contribution in [1.82, 2.24) is 0 Å². The first-order valence-corrected chi connectivity index (χ1v) is 10.9. The van der Waals surface area contributed by atoms with Crippen LogP contribution < -0.4 is 4.46 Å². The molecule has 0 bridgehead atoms. The summed E-state index contributed by atoms with van der Waals surface area (Å²) in [5, 5.41) is 0.332. The van der Waals surface area contributed by atoms with E-state index in [2.05, 4.69) is 58.0 Å². The van der Waals surface area contributed by atoms with Crippen LogP contribution in [-0.2, 0) is 9.47 Å². The van der Waals surface area contributed by atoms with Gasteiger partial charge in [-0.3, -0.25) is 0 Å². The van der Waals surface area contributed by atoms with Gasteiger partial charge in [-0.1, -0.05) is 0 Å². The van der Waals surface area contributed by atoms with Gasteiger partial charge in [0.05, 0.1) is 0 Å². The third-order valence-electron chi connectivity index (χ3n) is 4.14. The zero-order valence-corrected chi connectivity index (χ0v) is 16.8. The van der Waals surface area contributed by atoms with Gasteiger partial charge >= 0.3 is 148 Å². The maximum atomic E-state index is 6.32. The molecule has 0 amide bonds. The minimum atomic E-state index is -0.0805. The van der Waals surface area contributed by atoms with Gasteiger partial charge in [-0.05, 0) is 0 Å². The van der Waals surface area contributed by atoms with Crippen molar-refractivity contribution >= 4 is 19.4 Å². The topological polar surface area (TPSA) is 18.5 Å². The summed E-state index contributed by atoms with van der Waals surface area (Å²) < 4.78 is 14.0. The Balaban J connectivity index is 1.94. The molecule has 23 heavy (non-hydrogen) atoms. The molecule has 3 atom stereocenters. The minimum absolute atomic E-state index is 0.0348. The maximum absolute atomic E-state index is 6.32. The molecule has 3 heteroatoms. The number of unbranched alkanes of at least 4 members (excludes halogenated alkanes) is 3. The zero-order chi connectivity index (χ0) is 16.7. The van der Waals surface area contributed by atoms with Gasteiger partial charge in [0, 0.05) is 0 Å². The van der Waals surface area contributed by atoms with Crippen molar-refractivity contribution in [2.45, 2.75) is 83.6 Å². The van der Waals surface area contributed by atoms with Crippen LogP contribution >= 0.6 is 0 Å². The molecule has 1 aliphatic heterocycles. The third kappa shape index (κ3) is 6.58. The number of benzene rings is 1. The summed E-state index contributed by atoms with van der Waals surface area (Å²) in [7, 11) is 0. The van der Waals surface area contributed by atoms with E-state index in [1.165, 1.54) is 36.6 Å². The van der Waals surface area contributed by atoms with Crippen molar-refractivity contribution in [3.63, 3.8) is 0 Å². The van der Waals surface area contributed by atoms with E-state index in [1.54, 1.807) is 0 Å². The molecule has 0 saturated carbocycles. The fourth-order valence-electron chi connectivity index (χ4n) is 2.79. The average molecular weight is 383 g/mol. The van der Waals surface area contributed by atoms with Crippen LogP contribution in [0.25, 0.3) is 0 Å². The predicted molar refractivity (Wildman–Crippen MR) is 98.2 cm³/mol. The molecule has 1 unspecified atom stereocenters. The molecule has 2 rings (SSSR count). The van der Waals surface area contributed by atoms with Gasteiger partial charge in [0.25, 0.3) is 0 Å². The first-order chi connectivity index (χ1) is 11.0. The van der Waals surface area contributed by atoms with Gasteiger partial charge in [-0.15, -0.1) is 0 Å². The Kier molecular flexibility index (Phi) is 7.62. The van der Waals surface area contributed by atoms with E-state index in [4.69, 9.17) is 9.47 Å². The second-order valence-corrected chi connectivity index (χ2v) is 10.1. The molecule has 1 saturated heterocycles. The number of ether oxygens (including phenoxy) is 2. The van der Waals surface area contributed by atoms with E-state index in [-0.39, 0.29) is 11.7 Å². The summed E-state index contributed by atoms with van der Waals surface area (Å²) in [4.78, 5) is 0. The number of hydrogen-bond donors (Lipinski definition) is 0. The predicted octanol–water partition coefficient (Wildman–Crippen LogP) is 4.49. The summed E-state index contributed by atoms with van der Waals surface area (Å²) in [6.45, 7) is 8.90. The zero-order valence-electron chi connectivity index (χ0n) is 15.1. The van der Waals surface area contributed by atoms with Gasteiger partial charge in [0.2, 0.25) is 0 Å². The molecule has 0 radical (unpaired) electrons. The van der Waals surface area contributed by atoms with Crippen molar-refractivity contribution in [1.29, 1.82) is 0 Å². The molecular weight excluding hydrogens is 351 g/mol. The van der Waals surface area contributed by atoms with E-state index >= 15 is 0 Å². The van der Waals surface area contributed by atoms with Crippen LogP contribution in [0.1, 0.15) is 66.2 Å². The van der Waals surface area contributed by atoms with Crippen LogP contribution in [0.15, 0.2) is 30.3 Å².